The molecule has 6 nitrogen and oxygen atoms in total. The summed E-state index contributed by atoms with van der Waals surface area (Å²) in [7, 11) is 0.700. The molecule has 0 radical (unpaired) electrons. The smallest absolute Gasteiger partial charge is 0.381 e. The van der Waals surface area contributed by atoms with Crippen molar-refractivity contribution in [3.63, 3.8) is 0 Å². The van der Waals surface area contributed by atoms with Crippen molar-refractivity contribution in [1.29, 1.82) is 0 Å². The topological polar surface area (TPSA) is 73.2 Å². The van der Waals surface area contributed by atoms with Crippen LogP contribution in [0.2, 0.25) is 0 Å². The highest BCUT2D eigenvalue weighted by atomic mass is 32.2. The highest BCUT2D eigenvalue weighted by molar-refractivity contribution is 7.92. The Balaban J connectivity index is 2.03. The van der Waals surface area contributed by atoms with Crippen LogP contribution in [-0.4, -0.2) is 50.3 Å². The fraction of sp³-hybridized carbons (Fsp3) is 0.526. The molecule has 29 heavy (non-hydrogen) atoms. The molecule has 1 saturated carbocycles. The molecule has 0 spiro atoms. The van der Waals surface area contributed by atoms with Gasteiger partial charge in [-0.3, -0.25) is 4.68 Å². The van der Waals surface area contributed by atoms with Crippen molar-refractivity contribution < 1.29 is 26.3 Å². The first kappa shape index (κ1) is 21.8. The average molecular weight is 431 g/mol. The normalized spacial score (nSPS) is 22.9. The fourth-order valence-electron chi connectivity index (χ4n) is 3.99. The number of ether oxygens (including phenoxy) is 1. The minimum absolute atomic E-state index is 0.0752. The number of aromatic nitrogens is 2. The van der Waals surface area contributed by atoms with Gasteiger partial charge in [-0.2, -0.15) is 18.3 Å². The molecule has 10 heteroatoms. The van der Waals surface area contributed by atoms with Gasteiger partial charge in [-0.25, -0.2) is 8.42 Å². The predicted molar refractivity (Wildman–Crippen MR) is 102 cm³/mol. The quantitative estimate of drug-likeness (QED) is 0.762. The van der Waals surface area contributed by atoms with E-state index in [0.29, 0.717) is 12.1 Å². The highest BCUT2D eigenvalue weighted by Gasteiger charge is 2.45. The zero-order valence-corrected chi connectivity index (χ0v) is 17.2. The summed E-state index contributed by atoms with van der Waals surface area (Å²) in [6, 6.07) is 3.35. The molecule has 1 aliphatic rings. The minimum atomic E-state index is -4.80. The molecule has 160 valence electrons. The van der Waals surface area contributed by atoms with Crippen molar-refractivity contribution in [2.75, 3.05) is 20.7 Å². The van der Waals surface area contributed by atoms with Crippen LogP contribution < -0.4 is 5.32 Å². The fourth-order valence-corrected chi connectivity index (χ4v) is 6.03. The van der Waals surface area contributed by atoms with Crippen LogP contribution in [0.1, 0.15) is 18.4 Å². The third-order valence-corrected chi connectivity index (χ3v) is 7.66. The molecule has 1 aromatic heterocycles. The van der Waals surface area contributed by atoms with E-state index in [1.54, 1.807) is 20.3 Å². The first-order valence-electron chi connectivity index (χ1n) is 9.19. The summed E-state index contributed by atoms with van der Waals surface area (Å²) >= 11 is 0. The third-order valence-electron chi connectivity index (χ3n) is 5.42. The first-order chi connectivity index (χ1) is 13.6. The van der Waals surface area contributed by atoms with Gasteiger partial charge in [0.1, 0.15) is 0 Å². The summed E-state index contributed by atoms with van der Waals surface area (Å²) in [4.78, 5) is -0.678. The van der Waals surface area contributed by atoms with Gasteiger partial charge in [0.25, 0.3) is 0 Å². The van der Waals surface area contributed by atoms with Crippen molar-refractivity contribution >= 4 is 9.84 Å². The molecule has 1 heterocycles. The Morgan fingerprint density at radius 2 is 2.00 bits per heavy atom. The number of hydrogen-bond donors (Lipinski definition) is 1. The maximum Gasteiger partial charge on any atom is 0.417 e. The largest absolute Gasteiger partial charge is 0.417 e. The second-order valence-corrected chi connectivity index (χ2v) is 9.54. The van der Waals surface area contributed by atoms with Crippen molar-refractivity contribution in [2.24, 2.45) is 13.0 Å². The van der Waals surface area contributed by atoms with E-state index in [9.17, 15) is 21.6 Å². The zero-order chi connectivity index (χ0) is 21.4. The lowest BCUT2D eigenvalue weighted by Crippen LogP contribution is -2.26. The van der Waals surface area contributed by atoms with E-state index in [1.807, 2.05) is 0 Å². The summed E-state index contributed by atoms with van der Waals surface area (Å²) in [6.45, 7) is 0.538. The summed E-state index contributed by atoms with van der Waals surface area (Å²) < 4.78 is 74.6. The molecule has 1 aliphatic carbocycles. The molecule has 1 aromatic carbocycles. The molecule has 0 amide bonds. The van der Waals surface area contributed by atoms with Crippen LogP contribution in [0, 0.1) is 5.92 Å². The van der Waals surface area contributed by atoms with Gasteiger partial charge in [-0.15, -0.1) is 0 Å². The molecule has 0 unspecified atom stereocenters. The van der Waals surface area contributed by atoms with Crippen LogP contribution in [-0.2, 0) is 27.8 Å². The first-order valence-corrected chi connectivity index (χ1v) is 10.7. The van der Waals surface area contributed by atoms with Crippen molar-refractivity contribution in [1.82, 2.24) is 15.1 Å². The number of benzene rings is 1. The van der Waals surface area contributed by atoms with Gasteiger partial charge >= 0.3 is 6.18 Å². The summed E-state index contributed by atoms with van der Waals surface area (Å²) in [5, 5.41) is 6.03. The van der Waals surface area contributed by atoms with Gasteiger partial charge in [-0.05, 0) is 43.5 Å². The summed E-state index contributed by atoms with van der Waals surface area (Å²) in [5.74, 6) is -0.0752. The number of halogens is 3. The van der Waals surface area contributed by atoms with Crippen LogP contribution in [0.25, 0.3) is 11.1 Å². The number of sulfone groups is 1. The number of rotatable bonds is 6. The van der Waals surface area contributed by atoms with Crippen molar-refractivity contribution in [3.05, 3.63) is 36.2 Å². The standard InChI is InChI=1S/C19H24F3N3O3S/c1-23-9-13-6-15(8-17(13)28-3)29(26,27)18-5-4-12(7-16(18)19(20,21)22)14-10-24-25(2)11-14/h4-5,7,10-11,13,15,17,23H,6,8-9H2,1-3H3/t13-,15+,17+/m0/s1. The number of aryl methyl sites for hydroxylation is 1. The molecule has 1 fully saturated rings. The SMILES string of the molecule is CNC[C@@H]1C[C@@H](S(=O)(=O)c2ccc(-c3cnn(C)c3)cc2C(F)(F)F)C[C@H]1OC. The Morgan fingerprint density at radius 3 is 2.55 bits per heavy atom. The highest BCUT2D eigenvalue weighted by Crippen LogP contribution is 2.41. The maximum absolute atomic E-state index is 13.8. The van der Waals surface area contributed by atoms with E-state index in [-0.39, 0.29) is 30.4 Å². The number of hydrogen-bond acceptors (Lipinski definition) is 5. The van der Waals surface area contributed by atoms with Gasteiger partial charge in [0.15, 0.2) is 9.84 Å². The van der Waals surface area contributed by atoms with E-state index in [0.717, 1.165) is 12.1 Å². The van der Waals surface area contributed by atoms with E-state index in [4.69, 9.17) is 4.74 Å². The lowest BCUT2D eigenvalue weighted by molar-refractivity contribution is -0.139. The zero-order valence-electron chi connectivity index (χ0n) is 16.4. The van der Waals surface area contributed by atoms with Gasteiger partial charge in [0.2, 0.25) is 0 Å². The van der Waals surface area contributed by atoms with Crippen LogP contribution >= 0.6 is 0 Å². The van der Waals surface area contributed by atoms with Crippen LogP contribution in [0.5, 0.6) is 0 Å². The molecular weight excluding hydrogens is 407 g/mol. The maximum atomic E-state index is 13.8. The Hall–Kier alpha value is -1.91. The lowest BCUT2D eigenvalue weighted by atomic mass is 10.1. The van der Waals surface area contributed by atoms with Gasteiger partial charge < -0.3 is 10.1 Å². The minimum Gasteiger partial charge on any atom is -0.381 e. The van der Waals surface area contributed by atoms with E-state index >= 15 is 0 Å². The molecule has 0 bridgehead atoms. The molecule has 3 rings (SSSR count). The second kappa shape index (κ2) is 8.08. The molecular formula is C19H24F3N3O3S. The molecule has 1 N–H and O–H groups in total. The van der Waals surface area contributed by atoms with Crippen molar-refractivity contribution in [2.45, 2.75) is 35.3 Å². The van der Waals surface area contributed by atoms with E-state index in [1.165, 1.54) is 24.1 Å². The molecule has 2 aromatic rings. The Bertz CT molecular complexity index is 973. The number of nitrogens with one attached hydrogen (secondary N) is 1. The molecule has 3 atom stereocenters. The van der Waals surface area contributed by atoms with Gasteiger partial charge in [0.05, 0.1) is 28.0 Å². The average Bonchev–Trinajstić information content (AvgIpc) is 3.27. The van der Waals surface area contributed by atoms with Crippen LogP contribution in [0.15, 0.2) is 35.5 Å². The van der Waals surface area contributed by atoms with Crippen LogP contribution in [0.3, 0.4) is 0 Å². The Kier molecular flexibility index (Phi) is 6.07. The second-order valence-electron chi connectivity index (χ2n) is 7.34. The summed E-state index contributed by atoms with van der Waals surface area (Å²) in [5.41, 5.74) is -0.403. The van der Waals surface area contributed by atoms with Crippen molar-refractivity contribution in [3.8, 4) is 11.1 Å². The van der Waals surface area contributed by atoms with E-state index in [2.05, 4.69) is 10.4 Å². The molecule has 0 aliphatic heterocycles. The summed E-state index contributed by atoms with van der Waals surface area (Å²) in [6.07, 6.45) is -1.68. The lowest BCUT2D eigenvalue weighted by Gasteiger charge is -2.18. The third kappa shape index (κ3) is 4.34. The molecule has 0 saturated heterocycles. The Morgan fingerprint density at radius 1 is 1.28 bits per heavy atom. The van der Waals surface area contributed by atoms with Crippen LogP contribution in [0.4, 0.5) is 13.2 Å². The van der Waals surface area contributed by atoms with Gasteiger partial charge in [0, 0.05) is 32.5 Å². The number of methoxy groups -OCH3 is 1. The predicted octanol–water partition coefficient (Wildman–Crippen LogP) is 2.89. The monoisotopic (exact) mass is 431 g/mol. The number of alkyl halides is 3. The van der Waals surface area contributed by atoms with Gasteiger partial charge in [-0.1, -0.05) is 6.07 Å². The van der Waals surface area contributed by atoms with E-state index < -0.39 is 31.7 Å². The Labute approximate surface area is 168 Å². The number of nitrogens with zero attached hydrogens (tertiary/aromatic N) is 2.